The Kier molecular flexibility index (Phi) is 5.30. The molecule has 1 aliphatic rings. The summed E-state index contributed by atoms with van der Waals surface area (Å²) in [5, 5.41) is 29.6. The number of aliphatic hydroxyl groups excluding tert-OH is 3. The zero-order chi connectivity index (χ0) is 18.0. The summed E-state index contributed by atoms with van der Waals surface area (Å²) in [7, 11) is 0. The zero-order valence-electron chi connectivity index (χ0n) is 14.0. The molecular weight excluding hydrogens is 320 g/mol. The van der Waals surface area contributed by atoms with Crippen LogP contribution in [-0.2, 0) is 4.74 Å². The molecular formula is C20H22O5. The van der Waals surface area contributed by atoms with Gasteiger partial charge in [-0.2, -0.15) is 0 Å². The maximum Gasteiger partial charge on any atom is 0.159 e. The molecule has 0 radical (unpaired) electrons. The number of Topliss-reactive ketones (excluding diaryl/α,β-unsaturated/α-hetero) is 1. The first-order valence-corrected chi connectivity index (χ1v) is 8.33. The maximum atomic E-state index is 11.4. The van der Waals surface area contributed by atoms with Crippen molar-refractivity contribution in [1.82, 2.24) is 0 Å². The van der Waals surface area contributed by atoms with E-state index >= 15 is 0 Å². The van der Waals surface area contributed by atoms with Crippen LogP contribution in [0.25, 0.3) is 11.1 Å². The second kappa shape index (κ2) is 7.45. The number of benzene rings is 2. The first-order valence-electron chi connectivity index (χ1n) is 8.33. The van der Waals surface area contributed by atoms with Crippen molar-refractivity contribution in [2.75, 3.05) is 6.61 Å². The summed E-state index contributed by atoms with van der Waals surface area (Å²) in [5.41, 5.74) is 3.25. The lowest BCUT2D eigenvalue weighted by molar-refractivity contribution is -0.179. The minimum atomic E-state index is -1.04. The first-order chi connectivity index (χ1) is 12.0. The van der Waals surface area contributed by atoms with E-state index in [-0.39, 0.29) is 18.8 Å². The SMILES string of the molecule is CC(=O)c1ccc(-c2cccc([C@H]3OC(CO)CC(O)C3O)c2)cc1. The van der Waals surface area contributed by atoms with Crippen molar-refractivity contribution in [2.45, 2.75) is 37.8 Å². The summed E-state index contributed by atoms with van der Waals surface area (Å²) in [5.74, 6) is 0.0167. The summed E-state index contributed by atoms with van der Waals surface area (Å²) in [6.45, 7) is 1.33. The van der Waals surface area contributed by atoms with Gasteiger partial charge in [-0.05, 0) is 29.7 Å². The molecule has 1 aliphatic heterocycles. The van der Waals surface area contributed by atoms with Crippen LogP contribution < -0.4 is 0 Å². The number of hydrogen-bond acceptors (Lipinski definition) is 5. The quantitative estimate of drug-likeness (QED) is 0.741. The molecule has 4 atom stereocenters. The van der Waals surface area contributed by atoms with Crippen LogP contribution in [0.2, 0.25) is 0 Å². The summed E-state index contributed by atoms with van der Waals surface area (Å²) < 4.78 is 5.74. The zero-order valence-corrected chi connectivity index (χ0v) is 14.0. The van der Waals surface area contributed by atoms with Crippen LogP contribution >= 0.6 is 0 Å². The largest absolute Gasteiger partial charge is 0.394 e. The number of rotatable bonds is 4. The van der Waals surface area contributed by atoms with Crippen LogP contribution in [0.5, 0.6) is 0 Å². The molecule has 0 amide bonds. The highest BCUT2D eigenvalue weighted by Crippen LogP contribution is 2.33. The second-order valence-electron chi connectivity index (χ2n) is 6.41. The molecule has 3 N–H and O–H groups in total. The third kappa shape index (κ3) is 3.80. The number of carbonyl (C=O) groups excluding carboxylic acids is 1. The Hall–Kier alpha value is -2.05. The smallest absolute Gasteiger partial charge is 0.159 e. The average Bonchev–Trinajstić information content (AvgIpc) is 2.64. The third-order valence-electron chi connectivity index (χ3n) is 4.59. The fourth-order valence-electron chi connectivity index (χ4n) is 3.14. The minimum absolute atomic E-state index is 0.0167. The van der Waals surface area contributed by atoms with Gasteiger partial charge in [0.1, 0.15) is 12.2 Å². The van der Waals surface area contributed by atoms with Crippen molar-refractivity contribution in [3.63, 3.8) is 0 Å². The van der Waals surface area contributed by atoms with E-state index in [4.69, 9.17) is 4.74 Å². The van der Waals surface area contributed by atoms with E-state index in [1.165, 1.54) is 6.92 Å². The molecule has 25 heavy (non-hydrogen) atoms. The summed E-state index contributed by atoms with van der Waals surface area (Å²) in [6.07, 6.45) is -2.97. The van der Waals surface area contributed by atoms with Gasteiger partial charge in [0.15, 0.2) is 5.78 Å². The van der Waals surface area contributed by atoms with Gasteiger partial charge in [0, 0.05) is 12.0 Å². The molecule has 5 heteroatoms. The molecule has 0 bridgehead atoms. The number of ether oxygens (including phenoxy) is 1. The Morgan fingerprint density at radius 3 is 2.48 bits per heavy atom. The van der Waals surface area contributed by atoms with Crippen LogP contribution in [0.4, 0.5) is 0 Å². The highest BCUT2D eigenvalue weighted by atomic mass is 16.5. The lowest BCUT2D eigenvalue weighted by atomic mass is 9.91. The standard InChI is InChI=1S/C20H22O5/c1-12(22)13-5-7-14(8-6-13)15-3-2-4-16(9-15)20-19(24)18(23)10-17(11-21)25-20/h2-9,17-21,23-24H,10-11H2,1H3/t17?,18?,19?,20-/m1/s1. The van der Waals surface area contributed by atoms with Gasteiger partial charge in [0.2, 0.25) is 0 Å². The summed E-state index contributed by atoms with van der Waals surface area (Å²) >= 11 is 0. The molecule has 1 saturated heterocycles. The van der Waals surface area contributed by atoms with E-state index in [1.54, 1.807) is 12.1 Å². The Morgan fingerprint density at radius 1 is 1.12 bits per heavy atom. The molecule has 2 aromatic rings. The van der Waals surface area contributed by atoms with Gasteiger partial charge in [-0.15, -0.1) is 0 Å². The molecule has 2 aromatic carbocycles. The normalized spacial score (nSPS) is 26.4. The minimum Gasteiger partial charge on any atom is -0.394 e. The highest BCUT2D eigenvalue weighted by molar-refractivity contribution is 5.94. The maximum absolute atomic E-state index is 11.4. The molecule has 132 valence electrons. The van der Waals surface area contributed by atoms with Gasteiger partial charge in [-0.1, -0.05) is 42.5 Å². The molecule has 1 fully saturated rings. The number of ketones is 1. The van der Waals surface area contributed by atoms with Gasteiger partial charge in [-0.25, -0.2) is 0 Å². The molecule has 0 spiro atoms. The van der Waals surface area contributed by atoms with E-state index in [2.05, 4.69) is 0 Å². The van der Waals surface area contributed by atoms with Crippen LogP contribution in [0, 0.1) is 0 Å². The highest BCUT2D eigenvalue weighted by Gasteiger charge is 2.37. The van der Waals surface area contributed by atoms with Crippen molar-refractivity contribution >= 4 is 5.78 Å². The average molecular weight is 342 g/mol. The summed E-state index contributed by atoms with van der Waals surface area (Å²) in [4.78, 5) is 11.4. The Morgan fingerprint density at radius 2 is 1.84 bits per heavy atom. The Labute approximate surface area is 146 Å². The molecule has 3 rings (SSSR count). The number of carbonyl (C=O) groups is 1. The molecule has 0 saturated carbocycles. The second-order valence-corrected chi connectivity index (χ2v) is 6.41. The fraction of sp³-hybridized carbons (Fsp3) is 0.350. The summed E-state index contributed by atoms with van der Waals surface area (Å²) in [6, 6.07) is 14.8. The third-order valence-corrected chi connectivity index (χ3v) is 4.59. The van der Waals surface area contributed by atoms with Crippen LogP contribution in [0.3, 0.4) is 0 Å². The van der Waals surface area contributed by atoms with Crippen LogP contribution in [0.1, 0.15) is 35.4 Å². The van der Waals surface area contributed by atoms with Gasteiger partial charge >= 0.3 is 0 Å². The van der Waals surface area contributed by atoms with Crippen molar-refractivity contribution in [3.05, 3.63) is 59.7 Å². The van der Waals surface area contributed by atoms with Gasteiger partial charge in [0.25, 0.3) is 0 Å². The van der Waals surface area contributed by atoms with Crippen molar-refractivity contribution < 1.29 is 24.9 Å². The Bertz CT molecular complexity index is 740. The van der Waals surface area contributed by atoms with Gasteiger partial charge < -0.3 is 20.1 Å². The number of hydrogen-bond donors (Lipinski definition) is 3. The molecule has 1 heterocycles. The van der Waals surface area contributed by atoms with Crippen molar-refractivity contribution in [1.29, 1.82) is 0 Å². The van der Waals surface area contributed by atoms with E-state index in [0.717, 1.165) is 16.7 Å². The molecule has 5 nitrogen and oxygen atoms in total. The topological polar surface area (TPSA) is 87.0 Å². The first kappa shape index (κ1) is 17.8. The van der Waals surface area contributed by atoms with Gasteiger partial charge in [0.05, 0.1) is 18.8 Å². The molecule has 0 aliphatic carbocycles. The van der Waals surface area contributed by atoms with E-state index < -0.39 is 24.4 Å². The van der Waals surface area contributed by atoms with E-state index in [0.29, 0.717) is 5.56 Å². The van der Waals surface area contributed by atoms with E-state index in [1.807, 2.05) is 36.4 Å². The van der Waals surface area contributed by atoms with Crippen molar-refractivity contribution in [2.24, 2.45) is 0 Å². The predicted octanol–water partition coefficient (Wildman–Crippen LogP) is 2.10. The van der Waals surface area contributed by atoms with E-state index in [9.17, 15) is 20.1 Å². The number of aliphatic hydroxyl groups is 3. The predicted molar refractivity (Wildman–Crippen MR) is 93.2 cm³/mol. The lowest BCUT2D eigenvalue weighted by Crippen LogP contribution is -2.44. The van der Waals surface area contributed by atoms with Crippen molar-refractivity contribution in [3.8, 4) is 11.1 Å². The fourth-order valence-corrected chi connectivity index (χ4v) is 3.14. The van der Waals surface area contributed by atoms with Gasteiger partial charge in [-0.3, -0.25) is 4.79 Å². The lowest BCUT2D eigenvalue weighted by Gasteiger charge is -2.37. The van der Waals surface area contributed by atoms with Crippen LogP contribution in [0.15, 0.2) is 48.5 Å². The van der Waals surface area contributed by atoms with Crippen LogP contribution in [-0.4, -0.2) is 46.0 Å². The monoisotopic (exact) mass is 342 g/mol. The Balaban J connectivity index is 1.89. The molecule has 3 unspecified atom stereocenters. The molecule has 0 aromatic heterocycles.